The van der Waals surface area contributed by atoms with Gasteiger partial charge in [0, 0.05) is 4.47 Å². The van der Waals surface area contributed by atoms with Crippen molar-refractivity contribution in [1.29, 1.82) is 0 Å². The molecule has 0 heterocycles. The molecule has 2 heteroatoms. The minimum atomic E-state index is -0.450. The molecular formula is C15H16BrN. The van der Waals surface area contributed by atoms with Crippen molar-refractivity contribution in [2.24, 2.45) is 5.73 Å². The Morgan fingerprint density at radius 1 is 0.882 bits per heavy atom. The second-order valence-corrected chi connectivity index (χ2v) is 5.49. The second kappa shape index (κ2) is 4.63. The van der Waals surface area contributed by atoms with E-state index in [1.54, 1.807) is 0 Å². The number of aryl methyl sites for hydroxylation is 1. The molecule has 1 atom stereocenters. The molecule has 2 aromatic carbocycles. The Kier molecular flexibility index (Phi) is 3.36. The molecule has 0 bridgehead atoms. The minimum Gasteiger partial charge on any atom is -0.318 e. The van der Waals surface area contributed by atoms with Crippen molar-refractivity contribution in [1.82, 2.24) is 0 Å². The molecule has 0 aromatic heterocycles. The Morgan fingerprint density at radius 2 is 1.29 bits per heavy atom. The van der Waals surface area contributed by atoms with Gasteiger partial charge in [-0.05, 0) is 37.1 Å². The number of rotatable bonds is 2. The third-order valence-electron chi connectivity index (χ3n) is 3.10. The maximum absolute atomic E-state index is 6.44. The summed E-state index contributed by atoms with van der Waals surface area (Å²) < 4.78 is 1.07. The van der Waals surface area contributed by atoms with Gasteiger partial charge in [0.25, 0.3) is 0 Å². The molecule has 17 heavy (non-hydrogen) atoms. The summed E-state index contributed by atoms with van der Waals surface area (Å²) in [7, 11) is 0. The van der Waals surface area contributed by atoms with E-state index >= 15 is 0 Å². The van der Waals surface area contributed by atoms with E-state index < -0.39 is 5.54 Å². The van der Waals surface area contributed by atoms with Crippen LogP contribution in [-0.2, 0) is 5.54 Å². The number of hydrogen-bond donors (Lipinski definition) is 1. The summed E-state index contributed by atoms with van der Waals surface area (Å²) in [6.45, 7) is 4.12. The molecule has 88 valence electrons. The monoisotopic (exact) mass is 289 g/mol. The van der Waals surface area contributed by atoms with Crippen molar-refractivity contribution in [2.75, 3.05) is 0 Å². The van der Waals surface area contributed by atoms with Crippen LogP contribution in [0.2, 0.25) is 0 Å². The zero-order valence-electron chi connectivity index (χ0n) is 10.1. The highest BCUT2D eigenvalue weighted by atomic mass is 79.9. The fourth-order valence-corrected chi connectivity index (χ4v) is 2.13. The summed E-state index contributed by atoms with van der Waals surface area (Å²) in [5.41, 5.74) is 9.49. The van der Waals surface area contributed by atoms with Crippen LogP contribution in [0.5, 0.6) is 0 Å². The fourth-order valence-electron chi connectivity index (χ4n) is 1.86. The molecule has 0 aliphatic rings. The van der Waals surface area contributed by atoms with Gasteiger partial charge in [-0.3, -0.25) is 0 Å². The fraction of sp³-hybridized carbons (Fsp3) is 0.200. The maximum atomic E-state index is 6.44. The number of nitrogens with two attached hydrogens (primary N) is 1. The molecule has 0 amide bonds. The van der Waals surface area contributed by atoms with Crippen LogP contribution in [0.25, 0.3) is 0 Å². The number of hydrogen-bond acceptors (Lipinski definition) is 1. The van der Waals surface area contributed by atoms with Crippen molar-refractivity contribution in [3.8, 4) is 0 Å². The van der Waals surface area contributed by atoms with Crippen LogP contribution in [0.3, 0.4) is 0 Å². The first-order valence-electron chi connectivity index (χ1n) is 5.62. The lowest BCUT2D eigenvalue weighted by Gasteiger charge is -2.26. The van der Waals surface area contributed by atoms with Gasteiger partial charge in [0.05, 0.1) is 5.54 Å². The molecule has 1 unspecified atom stereocenters. The second-order valence-electron chi connectivity index (χ2n) is 4.58. The predicted octanol–water partition coefficient (Wildman–Crippen LogP) is 3.98. The maximum Gasteiger partial charge on any atom is 0.0636 e. The highest BCUT2D eigenvalue weighted by Crippen LogP contribution is 2.27. The Labute approximate surface area is 111 Å². The van der Waals surface area contributed by atoms with E-state index in [-0.39, 0.29) is 0 Å². The molecule has 2 N–H and O–H groups in total. The summed E-state index contributed by atoms with van der Waals surface area (Å²) in [5.74, 6) is 0. The van der Waals surface area contributed by atoms with Gasteiger partial charge < -0.3 is 5.73 Å². The molecule has 0 saturated carbocycles. The Hall–Kier alpha value is -1.12. The summed E-state index contributed by atoms with van der Waals surface area (Å²) in [6.07, 6.45) is 0. The largest absolute Gasteiger partial charge is 0.318 e. The topological polar surface area (TPSA) is 26.0 Å². The Morgan fingerprint density at radius 3 is 1.76 bits per heavy atom. The minimum absolute atomic E-state index is 0.450. The van der Waals surface area contributed by atoms with Crippen molar-refractivity contribution in [3.05, 3.63) is 69.7 Å². The van der Waals surface area contributed by atoms with Crippen molar-refractivity contribution in [2.45, 2.75) is 19.4 Å². The highest BCUT2D eigenvalue weighted by molar-refractivity contribution is 9.10. The molecule has 1 nitrogen and oxygen atoms in total. The van der Waals surface area contributed by atoms with E-state index in [9.17, 15) is 0 Å². The van der Waals surface area contributed by atoms with Gasteiger partial charge in [-0.25, -0.2) is 0 Å². The van der Waals surface area contributed by atoms with Gasteiger partial charge in [-0.2, -0.15) is 0 Å². The average Bonchev–Trinajstić information content (AvgIpc) is 2.30. The molecule has 2 rings (SSSR count). The molecule has 0 fully saturated rings. The van der Waals surface area contributed by atoms with Gasteiger partial charge in [0.15, 0.2) is 0 Å². The highest BCUT2D eigenvalue weighted by Gasteiger charge is 2.23. The van der Waals surface area contributed by atoms with Crippen molar-refractivity contribution in [3.63, 3.8) is 0 Å². The first kappa shape index (κ1) is 12.3. The van der Waals surface area contributed by atoms with Crippen LogP contribution < -0.4 is 5.73 Å². The van der Waals surface area contributed by atoms with E-state index in [4.69, 9.17) is 5.73 Å². The van der Waals surface area contributed by atoms with Crippen LogP contribution >= 0.6 is 15.9 Å². The van der Waals surface area contributed by atoms with Crippen LogP contribution in [0, 0.1) is 6.92 Å². The summed E-state index contributed by atoms with van der Waals surface area (Å²) >= 11 is 3.44. The summed E-state index contributed by atoms with van der Waals surface area (Å²) in [5, 5.41) is 0. The van der Waals surface area contributed by atoms with Crippen molar-refractivity contribution < 1.29 is 0 Å². The summed E-state index contributed by atoms with van der Waals surface area (Å²) in [4.78, 5) is 0. The molecule has 0 saturated heterocycles. The van der Waals surface area contributed by atoms with Crippen LogP contribution in [-0.4, -0.2) is 0 Å². The van der Waals surface area contributed by atoms with Crippen LogP contribution in [0.15, 0.2) is 53.0 Å². The lowest BCUT2D eigenvalue weighted by Crippen LogP contribution is -2.34. The first-order chi connectivity index (χ1) is 8.00. The number of halogens is 1. The van der Waals surface area contributed by atoms with E-state index in [0.717, 1.165) is 15.6 Å². The Balaban J connectivity index is 2.41. The van der Waals surface area contributed by atoms with E-state index in [0.29, 0.717) is 0 Å². The van der Waals surface area contributed by atoms with Gasteiger partial charge >= 0.3 is 0 Å². The third kappa shape index (κ3) is 2.59. The van der Waals surface area contributed by atoms with Gasteiger partial charge in [-0.15, -0.1) is 0 Å². The molecule has 2 aromatic rings. The Bertz CT molecular complexity index is 450. The summed E-state index contributed by atoms with van der Waals surface area (Å²) in [6, 6.07) is 16.5. The van der Waals surface area contributed by atoms with Crippen LogP contribution in [0.4, 0.5) is 0 Å². The van der Waals surface area contributed by atoms with Gasteiger partial charge in [0.1, 0.15) is 0 Å². The quantitative estimate of drug-likeness (QED) is 0.889. The molecule has 0 aliphatic heterocycles. The van der Waals surface area contributed by atoms with Crippen LogP contribution in [0.1, 0.15) is 23.6 Å². The lowest BCUT2D eigenvalue weighted by molar-refractivity contribution is 0.603. The zero-order valence-corrected chi connectivity index (χ0v) is 11.7. The first-order valence-corrected chi connectivity index (χ1v) is 6.41. The van der Waals surface area contributed by atoms with E-state index in [1.807, 2.05) is 19.1 Å². The van der Waals surface area contributed by atoms with Gasteiger partial charge in [0.2, 0.25) is 0 Å². The molecule has 0 aliphatic carbocycles. The van der Waals surface area contributed by atoms with Crippen molar-refractivity contribution >= 4 is 15.9 Å². The van der Waals surface area contributed by atoms with E-state index in [1.165, 1.54) is 5.56 Å². The third-order valence-corrected chi connectivity index (χ3v) is 3.62. The standard InChI is InChI=1S/C15H16BrN/c1-11-3-5-12(6-4-11)15(2,17)13-7-9-14(16)10-8-13/h3-10H,17H2,1-2H3. The molecular weight excluding hydrogens is 274 g/mol. The smallest absolute Gasteiger partial charge is 0.0636 e. The zero-order chi connectivity index (χ0) is 12.5. The normalized spacial score (nSPS) is 14.4. The SMILES string of the molecule is Cc1ccc(C(C)(N)c2ccc(Br)cc2)cc1. The number of benzene rings is 2. The average molecular weight is 290 g/mol. The predicted molar refractivity (Wildman–Crippen MR) is 76.0 cm³/mol. The molecule has 0 spiro atoms. The van der Waals surface area contributed by atoms with Gasteiger partial charge in [-0.1, -0.05) is 57.9 Å². The molecule has 0 radical (unpaired) electrons. The van der Waals surface area contributed by atoms with E-state index in [2.05, 4.69) is 59.3 Å². The lowest BCUT2D eigenvalue weighted by atomic mass is 9.85.